The number of hydrogen-bond acceptors (Lipinski definition) is 3. The van der Waals surface area contributed by atoms with Crippen LogP contribution >= 0.6 is 11.6 Å². The highest BCUT2D eigenvalue weighted by Gasteiger charge is 2.04. The summed E-state index contributed by atoms with van der Waals surface area (Å²) in [6.45, 7) is 0.967. The lowest BCUT2D eigenvalue weighted by atomic mass is 10.3. The Balaban J connectivity index is 2.64. The summed E-state index contributed by atoms with van der Waals surface area (Å²) < 4.78 is 10.2. The first-order valence-electron chi connectivity index (χ1n) is 3.91. The van der Waals surface area contributed by atoms with E-state index in [-0.39, 0.29) is 0 Å². The summed E-state index contributed by atoms with van der Waals surface area (Å²) in [7, 11) is 1.61. The van der Waals surface area contributed by atoms with Gasteiger partial charge in [0.1, 0.15) is 6.61 Å². The minimum absolute atomic E-state index is 0.449. The molecule has 13 heavy (non-hydrogen) atoms. The van der Waals surface area contributed by atoms with Crippen LogP contribution in [-0.4, -0.2) is 20.3 Å². The van der Waals surface area contributed by atoms with E-state index in [0.29, 0.717) is 29.7 Å². The van der Waals surface area contributed by atoms with E-state index in [1.165, 1.54) is 0 Å². The smallest absolute Gasteiger partial charge is 0.160 e. The van der Waals surface area contributed by atoms with Crippen molar-refractivity contribution in [2.75, 3.05) is 26.1 Å². The molecule has 0 aliphatic rings. The molecular formula is C9H12ClNO2. The summed E-state index contributed by atoms with van der Waals surface area (Å²) in [5, 5.41) is 0.524. The first kappa shape index (κ1) is 10.2. The number of nitrogens with two attached hydrogens (primary N) is 1. The monoisotopic (exact) mass is 201 g/mol. The lowest BCUT2D eigenvalue weighted by Crippen LogP contribution is -2.06. The SMILES string of the molecule is COCCOc1c(N)cccc1Cl. The Morgan fingerprint density at radius 3 is 2.77 bits per heavy atom. The molecule has 0 aliphatic heterocycles. The molecule has 0 atom stereocenters. The second-order valence-electron chi connectivity index (χ2n) is 2.50. The van der Waals surface area contributed by atoms with Crippen molar-refractivity contribution >= 4 is 17.3 Å². The number of rotatable bonds is 4. The molecule has 3 nitrogen and oxygen atoms in total. The van der Waals surface area contributed by atoms with E-state index in [9.17, 15) is 0 Å². The largest absolute Gasteiger partial charge is 0.487 e. The molecule has 0 fully saturated rings. The zero-order chi connectivity index (χ0) is 9.68. The molecule has 0 heterocycles. The number of methoxy groups -OCH3 is 1. The fraction of sp³-hybridized carbons (Fsp3) is 0.333. The van der Waals surface area contributed by atoms with Gasteiger partial charge in [0.15, 0.2) is 5.75 Å². The standard InChI is InChI=1S/C9H12ClNO2/c1-12-5-6-13-9-7(10)3-2-4-8(9)11/h2-4H,5-6,11H2,1H3. The highest BCUT2D eigenvalue weighted by Crippen LogP contribution is 2.30. The molecule has 1 aromatic carbocycles. The molecule has 0 saturated heterocycles. The second kappa shape index (κ2) is 4.94. The molecule has 0 aliphatic carbocycles. The van der Waals surface area contributed by atoms with Crippen molar-refractivity contribution in [1.82, 2.24) is 0 Å². The molecular weight excluding hydrogens is 190 g/mol. The summed E-state index contributed by atoms with van der Waals surface area (Å²) in [6.07, 6.45) is 0. The molecule has 2 N–H and O–H groups in total. The minimum atomic E-state index is 0.449. The molecule has 0 bridgehead atoms. The Hall–Kier alpha value is -0.930. The highest BCUT2D eigenvalue weighted by molar-refractivity contribution is 6.32. The van der Waals surface area contributed by atoms with Gasteiger partial charge in [-0.15, -0.1) is 0 Å². The van der Waals surface area contributed by atoms with Crippen LogP contribution in [0.15, 0.2) is 18.2 Å². The first-order chi connectivity index (χ1) is 6.25. The van der Waals surface area contributed by atoms with E-state index in [1.807, 2.05) is 0 Å². The van der Waals surface area contributed by atoms with Crippen LogP contribution in [0.2, 0.25) is 5.02 Å². The Kier molecular flexibility index (Phi) is 3.86. The van der Waals surface area contributed by atoms with E-state index in [2.05, 4.69) is 0 Å². The Bertz CT molecular complexity index is 258. The maximum atomic E-state index is 5.86. The van der Waals surface area contributed by atoms with Crippen LogP contribution < -0.4 is 10.5 Å². The molecule has 4 heteroatoms. The van der Waals surface area contributed by atoms with Gasteiger partial charge < -0.3 is 15.2 Å². The predicted octanol–water partition coefficient (Wildman–Crippen LogP) is 1.95. The van der Waals surface area contributed by atoms with Crippen LogP contribution in [0.25, 0.3) is 0 Å². The Morgan fingerprint density at radius 2 is 2.15 bits per heavy atom. The average molecular weight is 202 g/mol. The van der Waals surface area contributed by atoms with Gasteiger partial charge in [-0.05, 0) is 12.1 Å². The van der Waals surface area contributed by atoms with E-state index in [0.717, 1.165) is 0 Å². The fourth-order valence-corrected chi connectivity index (χ4v) is 1.14. The Morgan fingerprint density at radius 1 is 1.38 bits per heavy atom. The number of anilines is 1. The number of halogens is 1. The normalized spacial score (nSPS) is 10.0. The van der Waals surface area contributed by atoms with Gasteiger partial charge in [0, 0.05) is 7.11 Å². The fourth-order valence-electron chi connectivity index (χ4n) is 0.905. The van der Waals surface area contributed by atoms with E-state index < -0.39 is 0 Å². The van der Waals surface area contributed by atoms with Crippen molar-refractivity contribution in [2.24, 2.45) is 0 Å². The van der Waals surface area contributed by atoms with Gasteiger partial charge in [0.2, 0.25) is 0 Å². The van der Waals surface area contributed by atoms with Crippen molar-refractivity contribution in [1.29, 1.82) is 0 Å². The maximum absolute atomic E-state index is 5.86. The Labute approximate surface area is 82.4 Å². The lowest BCUT2D eigenvalue weighted by molar-refractivity contribution is 0.147. The van der Waals surface area contributed by atoms with Crippen molar-refractivity contribution in [3.8, 4) is 5.75 Å². The summed E-state index contributed by atoms with van der Waals surface area (Å²) in [6, 6.07) is 5.26. The van der Waals surface area contributed by atoms with Gasteiger partial charge in [0.25, 0.3) is 0 Å². The van der Waals surface area contributed by atoms with Crippen LogP contribution in [0, 0.1) is 0 Å². The van der Waals surface area contributed by atoms with Crippen LogP contribution in [0.1, 0.15) is 0 Å². The average Bonchev–Trinajstić information content (AvgIpc) is 2.10. The quantitative estimate of drug-likeness (QED) is 0.598. The van der Waals surface area contributed by atoms with Gasteiger partial charge in [-0.3, -0.25) is 0 Å². The molecule has 0 radical (unpaired) electrons. The molecule has 72 valence electrons. The van der Waals surface area contributed by atoms with Crippen molar-refractivity contribution in [2.45, 2.75) is 0 Å². The topological polar surface area (TPSA) is 44.5 Å². The number of hydrogen-bond donors (Lipinski definition) is 1. The number of benzene rings is 1. The summed E-state index contributed by atoms with van der Waals surface area (Å²) in [4.78, 5) is 0. The van der Waals surface area contributed by atoms with Gasteiger partial charge >= 0.3 is 0 Å². The van der Waals surface area contributed by atoms with Crippen LogP contribution in [0.4, 0.5) is 5.69 Å². The molecule has 1 aromatic rings. The maximum Gasteiger partial charge on any atom is 0.160 e. The van der Waals surface area contributed by atoms with Gasteiger partial charge in [-0.2, -0.15) is 0 Å². The highest BCUT2D eigenvalue weighted by atomic mass is 35.5. The number of nitrogen functional groups attached to an aromatic ring is 1. The zero-order valence-corrected chi connectivity index (χ0v) is 8.17. The van der Waals surface area contributed by atoms with Crippen molar-refractivity contribution in [3.63, 3.8) is 0 Å². The van der Waals surface area contributed by atoms with Crippen LogP contribution in [0.5, 0.6) is 5.75 Å². The van der Waals surface area contributed by atoms with Crippen molar-refractivity contribution < 1.29 is 9.47 Å². The van der Waals surface area contributed by atoms with E-state index in [1.54, 1.807) is 25.3 Å². The molecule has 0 unspecified atom stereocenters. The second-order valence-corrected chi connectivity index (χ2v) is 2.91. The van der Waals surface area contributed by atoms with Crippen LogP contribution in [-0.2, 0) is 4.74 Å². The third-order valence-electron chi connectivity index (χ3n) is 1.53. The predicted molar refractivity (Wildman–Crippen MR) is 53.2 cm³/mol. The van der Waals surface area contributed by atoms with Crippen LogP contribution in [0.3, 0.4) is 0 Å². The van der Waals surface area contributed by atoms with E-state index >= 15 is 0 Å². The molecule has 1 rings (SSSR count). The van der Waals surface area contributed by atoms with Gasteiger partial charge in [0.05, 0.1) is 17.3 Å². The van der Waals surface area contributed by atoms with Gasteiger partial charge in [-0.1, -0.05) is 17.7 Å². The molecule has 0 spiro atoms. The van der Waals surface area contributed by atoms with Crippen molar-refractivity contribution in [3.05, 3.63) is 23.2 Å². The molecule has 0 aromatic heterocycles. The van der Waals surface area contributed by atoms with Gasteiger partial charge in [-0.25, -0.2) is 0 Å². The summed E-state index contributed by atoms with van der Waals surface area (Å²) in [5.74, 6) is 0.529. The number of para-hydroxylation sites is 1. The minimum Gasteiger partial charge on any atom is -0.487 e. The van der Waals surface area contributed by atoms with E-state index in [4.69, 9.17) is 26.8 Å². The molecule has 0 amide bonds. The first-order valence-corrected chi connectivity index (χ1v) is 4.29. The molecule has 0 saturated carbocycles. The zero-order valence-electron chi connectivity index (χ0n) is 7.42. The number of ether oxygens (including phenoxy) is 2. The summed E-state index contributed by atoms with van der Waals surface area (Å²) >= 11 is 5.86. The third-order valence-corrected chi connectivity index (χ3v) is 1.83. The third kappa shape index (κ3) is 2.79. The summed E-state index contributed by atoms with van der Waals surface area (Å²) in [5.41, 5.74) is 6.20. The lowest BCUT2D eigenvalue weighted by Gasteiger charge is -2.09.